The van der Waals surface area contributed by atoms with Crippen molar-refractivity contribution >= 4 is 11.9 Å². The van der Waals surface area contributed by atoms with Crippen LogP contribution in [-0.4, -0.2) is 22.2 Å². The Morgan fingerprint density at radius 2 is 1.93 bits per heavy atom. The van der Waals surface area contributed by atoms with E-state index < -0.39 is 18.0 Å². The number of aromatic carboxylic acids is 1. The third-order valence-electron chi connectivity index (χ3n) is 1.76. The number of carboxylic acid groups (broad SMARTS) is 2. The van der Waals surface area contributed by atoms with Gasteiger partial charge in [-0.25, -0.2) is 4.79 Å². The van der Waals surface area contributed by atoms with Gasteiger partial charge in [0.05, 0.1) is 5.56 Å². The SMILES string of the molecule is NC(C(=O)O)c1cccc(C(=O)O)c1. The predicted molar refractivity (Wildman–Crippen MR) is 48.0 cm³/mol. The van der Waals surface area contributed by atoms with Crippen LogP contribution in [0.4, 0.5) is 0 Å². The van der Waals surface area contributed by atoms with E-state index in [-0.39, 0.29) is 11.1 Å². The number of hydrogen-bond donors (Lipinski definition) is 3. The van der Waals surface area contributed by atoms with Crippen molar-refractivity contribution in [3.8, 4) is 0 Å². The normalized spacial score (nSPS) is 12.1. The molecule has 0 saturated carbocycles. The standard InChI is InChI=1S/C9H9NO4/c10-7(9(13)14)5-2-1-3-6(4-5)8(11)12/h1-4,7H,10H2,(H,11,12)(H,13,14). The zero-order valence-corrected chi connectivity index (χ0v) is 7.18. The van der Waals surface area contributed by atoms with Gasteiger partial charge in [-0.2, -0.15) is 0 Å². The minimum atomic E-state index is -1.19. The zero-order valence-electron chi connectivity index (χ0n) is 7.18. The number of carboxylic acids is 2. The van der Waals surface area contributed by atoms with E-state index in [0.29, 0.717) is 0 Å². The Hall–Kier alpha value is -1.88. The van der Waals surface area contributed by atoms with Crippen LogP contribution < -0.4 is 5.73 Å². The van der Waals surface area contributed by atoms with E-state index in [9.17, 15) is 9.59 Å². The number of rotatable bonds is 3. The van der Waals surface area contributed by atoms with Crippen LogP contribution in [-0.2, 0) is 4.79 Å². The van der Waals surface area contributed by atoms with Gasteiger partial charge >= 0.3 is 11.9 Å². The highest BCUT2D eigenvalue weighted by Gasteiger charge is 2.15. The van der Waals surface area contributed by atoms with Gasteiger partial charge < -0.3 is 15.9 Å². The molecule has 0 spiro atoms. The van der Waals surface area contributed by atoms with E-state index in [0.717, 1.165) is 0 Å². The summed E-state index contributed by atoms with van der Waals surface area (Å²) in [6.45, 7) is 0. The van der Waals surface area contributed by atoms with Crippen LogP contribution in [0.15, 0.2) is 24.3 Å². The number of carbonyl (C=O) groups is 2. The molecule has 1 atom stereocenters. The molecule has 5 heteroatoms. The fourth-order valence-electron chi connectivity index (χ4n) is 1.01. The molecule has 0 aliphatic rings. The third-order valence-corrected chi connectivity index (χ3v) is 1.76. The molecule has 1 aromatic rings. The van der Waals surface area contributed by atoms with E-state index in [1.165, 1.54) is 24.3 Å². The van der Waals surface area contributed by atoms with Crippen LogP contribution in [0.3, 0.4) is 0 Å². The monoisotopic (exact) mass is 195 g/mol. The second kappa shape index (κ2) is 3.89. The predicted octanol–water partition coefficient (Wildman–Crippen LogP) is 0.469. The first kappa shape index (κ1) is 10.2. The summed E-state index contributed by atoms with van der Waals surface area (Å²) < 4.78 is 0. The molecular weight excluding hydrogens is 186 g/mol. The average Bonchev–Trinajstić information content (AvgIpc) is 2.16. The summed E-state index contributed by atoms with van der Waals surface area (Å²) in [4.78, 5) is 21.1. The Morgan fingerprint density at radius 1 is 1.29 bits per heavy atom. The van der Waals surface area contributed by atoms with Crippen molar-refractivity contribution in [3.63, 3.8) is 0 Å². The van der Waals surface area contributed by atoms with Gasteiger partial charge in [-0.3, -0.25) is 4.79 Å². The van der Waals surface area contributed by atoms with Crippen molar-refractivity contribution in [1.82, 2.24) is 0 Å². The molecule has 0 saturated heterocycles. The molecule has 4 N–H and O–H groups in total. The summed E-state index contributed by atoms with van der Waals surface area (Å²) in [7, 11) is 0. The first-order chi connectivity index (χ1) is 6.52. The van der Waals surface area contributed by atoms with Gasteiger partial charge in [0.1, 0.15) is 6.04 Å². The van der Waals surface area contributed by atoms with Gasteiger partial charge in [-0.15, -0.1) is 0 Å². The van der Waals surface area contributed by atoms with E-state index in [1.807, 2.05) is 0 Å². The molecule has 0 aromatic heterocycles. The molecule has 1 aromatic carbocycles. The molecular formula is C9H9NO4. The Bertz CT molecular complexity index is 375. The third kappa shape index (κ3) is 2.08. The van der Waals surface area contributed by atoms with E-state index in [1.54, 1.807) is 0 Å². The molecule has 0 heterocycles. The highest BCUT2D eigenvalue weighted by molar-refractivity contribution is 5.88. The van der Waals surface area contributed by atoms with Crippen LogP contribution >= 0.6 is 0 Å². The second-order valence-corrected chi connectivity index (χ2v) is 2.75. The van der Waals surface area contributed by atoms with Crippen molar-refractivity contribution in [2.45, 2.75) is 6.04 Å². The summed E-state index contributed by atoms with van der Waals surface area (Å²) >= 11 is 0. The molecule has 0 amide bonds. The fourth-order valence-corrected chi connectivity index (χ4v) is 1.01. The lowest BCUT2D eigenvalue weighted by Crippen LogP contribution is -2.20. The van der Waals surface area contributed by atoms with Gasteiger partial charge in [0, 0.05) is 0 Å². The lowest BCUT2D eigenvalue weighted by Gasteiger charge is -2.06. The van der Waals surface area contributed by atoms with Crippen molar-refractivity contribution in [1.29, 1.82) is 0 Å². The van der Waals surface area contributed by atoms with Crippen molar-refractivity contribution in [2.75, 3.05) is 0 Å². The Kier molecular flexibility index (Phi) is 2.83. The topological polar surface area (TPSA) is 101 Å². The first-order valence-corrected chi connectivity index (χ1v) is 3.84. The summed E-state index contributed by atoms with van der Waals surface area (Å²) in [5.74, 6) is -2.29. The summed E-state index contributed by atoms with van der Waals surface area (Å²) in [5.41, 5.74) is 5.62. The molecule has 0 bridgehead atoms. The molecule has 0 aliphatic heterocycles. The summed E-state index contributed by atoms with van der Waals surface area (Å²) in [6.07, 6.45) is 0. The van der Waals surface area contributed by atoms with Gasteiger partial charge in [-0.05, 0) is 17.7 Å². The zero-order chi connectivity index (χ0) is 10.7. The van der Waals surface area contributed by atoms with Crippen LogP contribution in [0.5, 0.6) is 0 Å². The van der Waals surface area contributed by atoms with Gasteiger partial charge in [0.2, 0.25) is 0 Å². The van der Waals surface area contributed by atoms with E-state index in [2.05, 4.69) is 0 Å². The molecule has 1 rings (SSSR count). The van der Waals surface area contributed by atoms with Gasteiger partial charge in [0.15, 0.2) is 0 Å². The fraction of sp³-hybridized carbons (Fsp3) is 0.111. The summed E-state index contributed by atoms with van der Waals surface area (Å²) in [6, 6.07) is 4.38. The largest absolute Gasteiger partial charge is 0.480 e. The number of benzene rings is 1. The minimum absolute atomic E-state index is 0.0270. The number of hydrogen-bond acceptors (Lipinski definition) is 3. The van der Waals surface area contributed by atoms with Crippen LogP contribution in [0.2, 0.25) is 0 Å². The molecule has 14 heavy (non-hydrogen) atoms. The van der Waals surface area contributed by atoms with Crippen molar-refractivity contribution in [2.24, 2.45) is 5.73 Å². The highest BCUT2D eigenvalue weighted by atomic mass is 16.4. The van der Waals surface area contributed by atoms with Crippen LogP contribution in [0.1, 0.15) is 22.0 Å². The van der Waals surface area contributed by atoms with E-state index in [4.69, 9.17) is 15.9 Å². The van der Waals surface area contributed by atoms with Crippen molar-refractivity contribution in [3.05, 3.63) is 35.4 Å². The molecule has 0 aliphatic carbocycles. The van der Waals surface area contributed by atoms with Crippen molar-refractivity contribution < 1.29 is 19.8 Å². The minimum Gasteiger partial charge on any atom is -0.480 e. The highest BCUT2D eigenvalue weighted by Crippen LogP contribution is 2.12. The van der Waals surface area contributed by atoms with E-state index >= 15 is 0 Å². The lowest BCUT2D eigenvalue weighted by molar-refractivity contribution is -0.138. The molecule has 0 fully saturated rings. The maximum atomic E-state index is 10.6. The molecule has 74 valence electrons. The van der Waals surface area contributed by atoms with Crippen LogP contribution in [0.25, 0.3) is 0 Å². The first-order valence-electron chi connectivity index (χ1n) is 3.84. The quantitative estimate of drug-likeness (QED) is 0.650. The lowest BCUT2D eigenvalue weighted by atomic mass is 10.1. The van der Waals surface area contributed by atoms with Gasteiger partial charge in [-0.1, -0.05) is 12.1 Å². The Labute approximate surface area is 79.8 Å². The Balaban J connectivity index is 3.05. The average molecular weight is 195 g/mol. The maximum Gasteiger partial charge on any atom is 0.335 e. The second-order valence-electron chi connectivity index (χ2n) is 2.75. The van der Waals surface area contributed by atoms with Crippen LogP contribution in [0, 0.1) is 0 Å². The molecule has 5 nitrogen and oxygen atoms in total. The van der Waals surface area contributed by atoms with Gasteiger partial charge in [0.25, 0.3) is 0 Å². The molecule has 0 radical (unpaired) electrons. The smallest absolute Gasteiger partial charge is 0.335 e. The Morgan fingerprint density at radius 3 is 2.43 bits per heavy atom. The maximum absolute atomic E-state index is 10.6. The molecule has 1 unspecified atom stereocenters. The number of nitrogens with two attached hydrogens (primary N) is 1. The number of aliphatic carboxylic acids is 1. The summed E-state index contributed by atoms with van der Waals surface area (Å²) in [5, 5.41) is 17.2.